The van der Waals surface area contributed by atoms with Crippen molar-refractivity contribution in [2.24, 2.45) is 5.73 Å². The zero-order chi connectivity index (χ0) is 19.8. The van der Waals surface area contributed by atoms with Crippen LogP contribution in [-0.2, 0) is 11.3 Å². The number of rotatable bonds is 8. The monoisotopic (exact) mass is 370 g/mol. The van der Waals surface area contributed by atoms with Crippen LogP contribution in [-0.4, -0.2) is 38.4 Å². The lowest BCUT2D eigenvalue weighted by atomic mass is 10.1. The van der Waals surface area contributed by atoms with Gasteiger partial charge in [0.25, 0.3) is 11.8 Å². The average Bonchev–Trinajstić information content (AvgIpc) is 2.70. The van der Waals surface area contributed by atoms with Crippen molar-refractivity contribution < 1.29 is 19.1 Å². The first-order valence-corrected chi connectivity index (χ1v) is 8.17. The molecular formula is C19H22N4O4. The van der Waals surface area contributed by atoms with Crippen LogP contribution in [0.1, 0.15) is 21.5 Å². The summed E-state index contributed by atoms with van der Waals surface area (Å²) >= 11 is 0. The van der Waals surface area contributed by atoms with Gasteiger partial charge in [-0.2, -0.15) is 0 Å². The largest absolute Gasteiger partial charge is 0.497 e. The van der Waals surface area contributed by atoms with Crippen molar-refractivity contribution in [3.05, 3.63) is 59.2 Å². The number of benzene rings is 2. The van der Waals surface area contributed by atoms with Gasteiger partial charge in [-0.25, -0.2) is 0 Å². The number of nitrogens with two attached hydrogens (primary N) is 1. The molecule has 0 unspecified atom stereocenters. The number of amides is 2. The lowest BCUT2D eigenvalue weighted by Crippen LogP contribution is -2.26. The summed E-state index contributed by atoms with van der Waals surface area (Å²) in [5.41, 5.74) is 7.08. The molecular weight excluding hydrogens is 348 g/mol. The molecule has 0 heterocycles. The van der Waals surface area contributed by atoms with Crippen LogP contribution in [0.5, 0.6) is 11.5 Å². The van der Waals surface area contributed by atoms with Crippen LogP contribution in [0, 0.1) is 5.41 Å². The van der Waals surface area contributed by atoms with E-state index in [-0.39, 0.29) is 30.8 Å². The standard InChI is InChI=1S/C19H22N4O4/c1-22-17(24)11-27-16-9-12(18(20)21)6-7-14(16)10-23-19(25)13-4-3-5-15(8-13)26-2/h3-9H,10-11H2,1-2H3,(H3,20,21)(H,22,24)(H,23,25). The Morgan fingerprint density at radius 2 is 1.93 bits per heavy atom. The molecule has 0 aliphatic rings. The molecule has 0 spiro atoms. The predicted octanol–water partition coefficient (Wildman–Crippen LogP) is 1.03. The fraction of sp³-hybridized carbons (Fsp3) is 0.211. The highest BCUT2D eigenvalue weighted by molar-refractivity contribution is 5.96. The molecule has 2 aromatic carbocycles. The summed E-state index contributed by atoms with van der Waals surface area (Å²) in [5, 5.41) is 12.8. The zero-order valence-corrected chi connectivity index (χ0v) is 15.2. The predicted molar refractivity (Wildman–Crippen MR) is 101 cm³/mol. The minimum Gasteiger partial charge on any atom is -0.497 e. The summed E-state index contributed by atoms with van der Waals surface area (Å²) in [6.07, 6.45) is 0. The smallest absolute Gasteiger partial charge is 0.257 e. The van der Waals surface area contributed by atoms with Gasteiger partial charge < -0.3 is 25.8 Å². The second-order valence-electron chi connectivity index (χ2n) is 5.61. The molecule has 27 heavy (non-hydrogen) atoms. The summed E-state index contributed by atoms with van der Waals surface area (Å²) < 4.78 is 10.6. The molecule has 0 saturated heterocycles. The summed E-state index contributed by atoms with van der Waals surface area (Å²) in [5.74, 6) is 0.267. The van der Waals surface area contributed by atoms with Crippen LogP contribution < -0.4 is 25.8 Å². The molecule has 0 radical (unpaired) electrons. The molecule has 0 fully saturated rings. The highest BCUT2D eigenvalue weighted by Gasteiger charge is 2.12. The Hall–Kier alpha value is -3.55. The van der Waals surface area contributed by atoms with Gasteiger partial charge in [-0.3, -0.25) is 15.0 Å². The van der Waals surface area contributed by atoms with E-state index in [2.05, 4.69) is 10.6 Å². The number of amidine groups is 1. The summed E-state index contributed by atoms with van der Waals surface area (Å²) in [6, 6.07) is 11.7. The molecule has 0 aromatic heterocycles. The van der Waals surface area contributed by atoms with E-state index in [1.165, 1.54) is 14.2 Å². The van der Waals surface area contributed by atoms with Gasteiger partial charge >= 0.3 is 0 Å². The highest BCUT2D eigenvalue weighted by Crippen LogP contribution is 2.21. The van der Waals surface area contributed by atoms with Crippen molar-refractivity contribution in [3.63, 3.8) is 0 Å². The maximum absolute atomic E-state index is 12.4. The molecule has 0 aliphatic heterocycles. The number of hydrogen-bond acceptors (Lipinski definition) is 5. The quantitative estimate of drug-likeness (QED) is 0.408. The second-order valence-corrected chi connectivity index (χ2v) is 5.61. The SMILES string of the molecule is CNC(=O)COc1cc(C(=N)N)ccc1CNC(=O)c1cccc(OC)c1. The number of nitrogens with one attached hydrogen (secondary N) is 3. The van der Waals surface area contributed by atoms with Crippen LogP contribution in [0.15, 0.2) is 42.5 Å². The first-order valence-electron chi connectivity index (χ1n) is 8.17. The maximum Gasteiger partial charge on any atom is 0.257 e. The maximum atomic E-state index is 12.4. The Morgan fingerprint density at radius 1 is 1.15 bits per heavy atom. The third-order valence-corrected chi connectivity index (χ3v) is 3.79. The molecule has 0 saturated carbocycles. The van der Waals surface area contributed by atoms with Gasteiger partial charge in [0.15, 0.2) is 6.61 Å². The van der Waals surface area contributed by atoms with E-state index in [0.717, 1.165) is 0 Å². The molecule has 0 atom stereocenters. The minimum atomic E-state index is -0.297. The third-order valence-electron chi connectivity index (χ3n) is 3.79. The van der Waals surface area contributed by atoms with Crippen molar-refractivity contribution in [3.8, 4) is 11.5 Å². The fourth-order valence-corrected chi connectivity index (χ4v) is 2.26. The number of ether oxygens (including phenoxy) is 2. The Morgan fingerprint density at radius 3 is 2.59 bits per heavy atom. The Bertz CT molecular complexity index is 851. The van der Waals surface area contributed by atoms with Gasteiger partial charge in [0.1, 0.15) is 17.3 Å². The molecule has 0 bridgehead atoms. The third kappa shape index (κ3) is 5.46. The van der Waals surface area contributed by atoms with Crippen molar-refractivity contribution >= 4 is 17.6 Å². The number of carbonyl (C=O) groups excluding carboxylic acids is 2. The fourth-order valence-electron chi connectivity index (χ4n) is 2.26. The van der Waals surface area contributed by atoms with Gasteiger partial charge in [0.2, 0.25) is 0 Å². The number of nitrogen functional groups attached to an aromatic ring is 1. The van der Waals surface area contributed by atoms with Crippen molar-refractivity contribution in [1.82, 2.24) is 10.6 Å². The first kappa shape index (κ1) is 19.8. The van der Waals surface area contributed by atoms with E-state index in [1.807, 2.05) is 0 Å². The summed E-state index contributed by atoms with van der Waals surface area (Å²) in [6.45, 7) is -0.00794. The van der Waals surface area contributed by atoms with Gasteiger partial charge in [0, 0.05) is 30.3 Å². The molecule has 0 aliphatic carbocycles. The van der Waals surface area contributed by atoms with Gasteiger partial charge in [-0.1, -0.05) is 18.2 Å². The van der Waals surface area contributed by atoms with Crippen molar-refractivity contribution in [2.45, 2.75) is 6.54 Å². The molecule has 2 amide bonds. The van der Waals surface area contributed by atoms with Crippen LogP contribution in [0.3, 0.4) is 0 Å². The summed E-state index contributed by atoms with van der Waals surface area (Å²) in [4.78, 5) is 23.8. The molecule has 2 rings (SSSR count). The number of likely N-dealkylation sites (N-methyl/N-ethyl adjacent to an activating group) is 1. The Kier molecular flexibility index (Phi) is 6.76. The molecule has 8 nitrogen and oxygen atoms in total. The van der Waals surface area contributed by atoms with Crippen molar-refractivity contribution in [1.29, 1.82) is 5.41 Å². The van der Waals surface area contributed by atoms with Crippen LogP contribution in [0.25, 0.3) is 0 Å². The topological polar surface area (TPSA) is 127 Å². The molecule has 2 aromatic rings. The average molecular weight is 370 g/mol. The molecule has 5 N–H and O–H groups in total. The van der Waals surface area contributed by atoms with E-state index in [1.54, 1.807) is 42.5 Å². The second kappa shape index (κ2) is 9.23. The Balaban J connectivity index is 2.14. The summed E-state index contributed by atoms with van der Waals surface area (Å²) in [7, 11) is 3.04. The van der Waals surface area contributed by atoms with E-state index in [0.29, 0.717) is 28.2 Å². The van der Waals surface area contributed by atoms with Gasteiger partial charge in [-0.15, -0.1) is 0 Å². The van der Waals surface area contributed by atoms with Crippen molar-refractivity contribution in [2.75, 3.05) is 20.8 Å². The van der Waals surface area contributed by atoms with Crippen LogP contribution in [0.2, 0.25) is 0 Å². The lowest BCUT2D eigenvalue weighted by Gasteiger charge is -2.13. The van der Waals surface area contributed by atoms with E-state index in [4.69, 9.17) is 20.6 Å². The molecule has 142 valence electrons. The van der Waals surface area contributed by atoms with E-state index >= 15 is 0 Å². The highest BCUT2D eigenvalue weighted by atomic mass is 16.5. The lowest BCUT2D eigenvalue weighted by molar-refractivity contribution is -0.122. The number of carbonyl (C=O) groups is 2. The zero-order valence-electron chi connectivity index (χ0n) is 15.2. The van der Waals surface area contributed by atoms with Gasteiger partial charge in [-0.05, 0) is 24.3 Å². The van der Waals surface area contributed by atoms with E-state index in [9.17, 15) is 9.59 Å². The van der Waals surface area contributed by atoms with E-state index < -0.39 is 0 Å². The first-order chi connectivity index (χ1) is 12.9. The number of methoxy groups -OCH3 is 1. The molecule has 8 heteroatoms. The normalized spacial score (nSPS) is 10.0. The van der Waals surface area contributed by atoms with Crippen LogP contribution >= 0.6 is 0 Å². The van der Waals surface area contributed by atoms with Crippen LogP contribution in [0.4, 0.5) is 0 Å². The Labute approximate surface area is 157 Å². The minimum absolute atomic E-state index is 0.119. The number of hydrogen-bond donors (Lipinski definition) is 4. The van der Waals surface area contributed by atoms with Gasteiger partial charge in [0.05, 0.1) is 7.11 Å².